The van der Waals surface area contributed by atoms with Crippen LogP contribution in [0.15, 0.2) is 9.32 Å². The molecule has 1 saturated heterocycles. The van der Waals surface area contributed by atoms with Crippen LogP contribution in [0.25, 0.3) is 0 Å². The molecular weight excluding hydrogens is 234 g/mol. The minimum Gasteiger partial charge on any atom is -0.327 e. The maximum Gasteiger partial charge on any atom is 0.293 e. The van der Waals surface area contributed by atoms with E-state index in [1.807, 2.05) is 0 Å². The van der Waals surface area contributed by atoms with E-state index < -0.39 is 0 Å². The molecule has 1 fully saturated rings. The Morgan fingerprint density at radius 3 is 2.85 bits per heavy atom. The van der Waals surface area contributed by atoms with Crippen molar-refractivity contribution in [3.05, 3.63) is 10.6 Å². The first-order valence-electron chi connectivity index (χ1n) is 4.53. The zero-order valence-electron chi connectivity index (χ0n) is 7.29. The molecule has 0 radical (unpaired) electrons. The minimum atomic E-state index is 0.483. The summed E-state index contributed by atoms with van der Waals surface area (Å²) in [6.07, 6.45) is 3.37. The van der Waals surface area contributed by atoms with Gasteiger partial charge >= 0.3 is 0 Å². The lowest BCUT2D eigenvalue weighted by atomic mass is 9.94. The summed E-state index contributed by atoms with van der Waals surface area (Å²) in [7, 11) is 0. The largest absolute Gasteiger partial charge is 0.327 e. The van der Waals surface area contributed by atoms with E-state index in [2.05, 4.69) is 31.4 Å². The van der Waals surface area contributed by atoms with E-state index in [0.29, 0.717) is 10.7 Å². The first-order valence-corrected chi connectivity index (χ1v) is 5.32. The Bertz CT molecular complexity index is 270. The van der Waals surface area contributed by atoms with E-state index >= 15 is 0 Å². The van der Waals surface area contributed by atoms with Crippen LogP contribution in [0.2, 0.25) is 0 Å². The zero-order valence-corrected chi connectivity index (χ0v) is 8.88. The van der Waals surface area contributed by atoms with E-state index in [4.69, 9.17) is 4.52 Å². The van der Waals surface area contributed by atoms with Gasteiger partial charge < -0.3 is 9.84 Å². The smallest absolute Gasteiger partial charge is 0.293 e. The molecule has 1 N–H and O–H groups in total. The molecule has 5 heteroatoms. The fraction of sp³-hybridized carbons (Fsp3) is 0.750. The van der Waals surface area contributed by atoms with Gasteiger partial charge in [0.25, 0.3) is 4.80 Å². The Morgan fingerprint density at radius 1 is 1.46 bits per heavy atom. The van der Waals surface area contributed by atoms with Gasteiger partial charge in [-0.2, -0.15) is 4.98 Å². The molecule has 1 aliphatic heterocycles. The molecule has 72 valence electrons. The van der Waals surface area contributed by atoms with Crippen molar-refractivity contribution in [2.24, 2.45) is 5.92 Å². The first kappa shape index (κ1) is 9.15. The predicted molar refractivity (Wildman–Crippen MR) is 51.3 cm³/mol. The Morgan fingerprint density at radius 2 is 2.23 bits per heavy atom. The molecule has 1 aromatic rings. The fourth-order valence-electron chi connectivity index (χ4n) is 1.66. The van der Waals surface area contributed by atoms with Crippen LogP contribution in [0.5, 0.6) is 0 Å². The lowest BCUT2D eigenvalue weighted by Gasteiger charge is -2.20. The second-order valence-electron chi connectivity index (χ2n) is 3.36. The molecule has 0 bridgehead atoms. The number of nitrogens with one attached hydrogen (secondary N) is 1. The van der Waals surface area contributed by atoms with E-state index in [-0.39, 0.29) is 0 Å². The molecule has 0 saturated carbocycles. The summed E-state index contributed by atoms with van der Waals surface area (Å²) in [6, 6.07) is 0. The first-order chi connectivity index (χ1) is 6.34. The number of hydrogen-bond donors (Lipinski definition) is 1. The molecule has 2 rings (SSSR count). The molecule has 1 aromatic heterocycles. The van der Waals surface area contributed by atoms with Crippen LogP contribution in [0.1, 0.15) is 18.7 Å². The van der Waals surface area contributed by atoms with Crippen molar-refractivity contribution in [3.8, 4) is 0 Å². The van der Waals surface area contributed by atoms with Crippen LogP contribution in [0, 0.1) is 5.92 Å². The minimum absolute atomic E-state index is 0.483. The summed E-state index contributed by atoms with van der Waals surface area (Å²) < 4.78 is 4.85. The standard InChI is InChI=1S/C8H12BrN3O/c9-8-11-7(12-13-8)5-6-1-3-10-4-2-6/h6,10H,1-5H2. The van der Waals surface area contributed by atoms with Crippen molar-refractivity contribution in [2.45, 2.75) is 19.3 Å². The molecule has 2 heterocycles. The lowest BCUT2D eigenvalue weighted by molar-refractivity contribution is 0.351. The molecule has 0 amide bonds. The summed E-state index contributed by atoms with van der Waals surface area (Å²) in [5.74, 6) is 1.53. The fourth-order valence-corrected chi connectivity index (χ4v) is 1.94. The Hall–Kier alpha value is -0.420. The lowest BCUT2D eigenvalue weighted by Crippen LogP contribution is -2.28. The van der Waals surface area contributed by atoms with Gasteiger partial charge in [0.15, 0.2) is 5.82 Å². The SMILES string of the molecule is Brc1nc(CC2CCNCC2)no1. The highest BCUT2D eigenvalue weighted by Crippen LogP contribution is 2.17. The monoisotopic (exact) mass is 245 g/mol. The van der Waals surface area contributed by atoms with Crippen LogP contribution >= 0.6 is 15.9 Å². The topological polar surface area (TPSA) is 51.0 Å². The maximum atomic E-state index is 4.85. The number of halogens is 1. The number of nitrogens with zero attached hydrogens (tertiary/aromatic N) is 2. The van der Waals surface area contributed by atoms with Gasteiger partial charge in [0.2, 0.25) is 0 Å². The molecule has 4 nitrogen and oxygen atoms in total. The average molecular weight is 246 g/mol. The predicted octanol–water partition coefficient (Wildman–Crippen LogP) is 1.37. The number of piperidine rings is 1. The second-order valence-corrected chi connectivity index (χ2v) is 4.04. The van der Waals surface area contributed by atoms with Gasteiger partial charge in [0.1, 0.15) is 0 Å². The van der Waals surface area contributed by atoms with Crippen LogP contribution in [-0.4, -0.2) is 23.2 Å². The summed E-state index contributed by atoms with van der Waals surface area (Å²) in [4.78, 5) is 4.61. The van der Waals surface area contributed by atoms with Gasteiger partial charge in [-0.3, -0.25) is 0 Å². The third-order valence-corrected chi connectivity index (χ3v) is 2.70. The van der Waals surface area contributed by atoms with Crippen molar-refractivity contribution >= 4 is 15.9 Å². The van der Waals surface area contributed by atoms with Crippen molar-refractivity contribution in [3.63, 3.8) is 0 Å². The van der Waals surface area contributed by atoms with Crippen LogP contribution in [0.4, 0.5) is 0 Å². The highest BCUT2D eigenvalue weighted by atomic mass is 79.9. The van der Waals surface area contributed by atoms with Gasteiger partial charge in [-0.1, -0.05) is 5.16 Å². The van der Waals surface area contributed by atoms with Crippen LogP contribution in [-0.2, 0) is 6.42 Å². The normalized spacial score (nSPS) is 19.2. The molecule has 13 heavy (non-hydrogen) atoms. The molecule has 0 unspecified atom stereocenters. The summed E-state index contributed by atoms with van der Waals surface area (Å²) >= 11 is 3.14. The average Bonchev–Trinajstić information content (AvgIpc) is 2.53. The molecule has 0 aromatic carbocycles. The maximum absolute atomic E-state index is 4.85. The molecular formula is C8H12BrN3O. The van der Waals surface area contributed by atoms with E-state index in [0.717, 1.165) is 25.3 Å². The van der Waals surface area contributed by atoms with Gasteiger partial charge in [-0.15, -0.1) is 0 Å². The van der Waals surface area contributed by atoms with E-state index in [1.165, 1.54) is 12.8 Å². The molecule has 0 atom stereocenters. The van der Waals surface area contributed by atoms with Gasteiger partial charge in [-0.05, 0) is 31.8 Å². The van der Waals surface area contributed by atoms with Crippen LogP contribution in [0.3, 0.4) is 0 Å². The highest BCUT2D eigenvalue weighted by Gasteiger charge is 2.16. The van der Waals surface area contributed by atoms with Crippen molar-refractivity contribution < 1.29 is 4.52 Å². The van der Waals surface area contributed by atoms with Gasteiger partial charge in [0, 0.05) is 22.4 Å². The number of aromatic nitrogens is 2. The Labute approximate surface area is 85.2 Å². The molecule has 1 aliphatic rings. The highest BCUT2D eigenvalue weighted by molar-refractivity contribution is 9.10. The quantitative estimate of drug-likeness (QED) is 0.856. The summed E-state index contributed by atoms with van der Waals surface area (Å²) in [6.45, 7) is 2.23. The Kier molecular flexibility index (Phi) is 2.95. The van der Waals surface area contributed by atoms with Gasteiger partial charge in [0.05, 0.1) is 0 Å². The van der Waals surface area contributed by atoms with Crippen LogP contribution < -0.4 is 5.32 Å². The second kappa shape index (κ2) is 4.19. The van der Waals surface area contributed by atoms with Crippen molar-refractivity contribution in [2.75, 3.05) is 13.1 Å². The Balaban J connectivity index is 1.89. The van der Waals surface area contributed by atoms with Gasteiger partial charge in [-0.25, -0.2) is 0 Å². The summed E-state index contributed by atoms with van der Waals surface area (Å²) in [5.41, 5.74) is 0. The summed E-state index contributed by atoms with van der Waals surface area (Å²) in [5, 5.41) is 7.19. The van der Waals surface area contributed by atoms with Crippen molar-refractivity contribution in [1.82, 2.24) is 15.5 Å². The zero-order chi connectivity index (χ0) is 9.10. The third-order valence-electron chi connectivity index (χ3n) is 2.37. The van der Waals surface area contributed by atoms with E-state index in [1.54, 1.807) is 0 Å². The van der Waals surface area contributed by atoms with E-state index in [9.17, 15) is 0 Å². The number of hydrogen-bond acceptors (Lipinski definition) is 4. The molecule has 0 spiro atoms. The number of rotatable bonds is 2. The molecule has 0 aliphatic carbocycles. The third kappa shape index (κ3) is 2.51. The van der Waals surface area contributed by atoms with Crippen molar-refractivity contribution in [1.29, 1.82) is 0 Å².